The molecule has 0 atom stereocenters. The molecule has 33 heavy (non-hydrogen) atoms. The third kappa shape index (κ3) is 4.84. The molecule has 0 radical (unpaired) electrons. The number of nitrogens with one attached hydrogen (secondary N) is 1. The van der Waals surface area contributed by atoms with Crippen LogP contribution < -0.4 is 5.32 Å². The Morgan fingerprint density at radius 2 is 1.67 bits per heavy atom. The van der Waals surface area contributed by atoms with Crippen LogP contribution in [0.25, 0.3) is 0 Å². The molecule has 0 unspecified atom stereocenters. The van der Waals surface area contributed by atoms with Gasteiger partial charge in [-0.15, -0.1) is 0 Å². The molecular formula is C23H21ClN2O6S. The monoisotopic (exact) mass is 488 g/mol. The molecule has 2 N–H and O–H groups in total. The summed E-state index contributed by atoms with van der Waals surface area (Å²) in [6, 6.07) is 12.1. The number of hydrogen-bond acceptors (Lipinski definition) is 6. The first-order chi connectivity index (χ1) is 15.4. The van der Waals surface area contributed by atoms with Crippen molar-refractivity contribution in [1.82, 2.24) is 0 Å². The van der Waals surface area contributed by atoms with Gasteiger partial charge in [0, 0.05) is 28.4 Å². The Hall–Kier alpha value is -3.43. The number of halogens is 1. The quantitative estimate of drug-likeness (QED) is 0.269. The number of non-ortho nitro benzene ring substituents is 1. The lowest BCUT2D eigenvalue weighted by Crippen LogP contribution is -2.15. The second-order valence-corrected chi connectivity index (χ2v) is 10.0. The first-order valence-corrected chi connectivity index (χ1v) is 11.7. The Morgan fingerprint density at radius 3 is 2.18 bits per heavy atom. The zero-order chi connectivity index (χ0) is 24.5. The number of benzene rings is 3. The molecule has 0 aliphatic rings. The molecule has 0 aliphatic heterocycles. The van der Waals surface area contributed by atoms with E-state index in [-0.39, 0.29) is 44.0 Å². The predicted molar refractivity (Wildman–Crippen MR) is 125 cm³/mol. The van der Waals surface area contributed by atoms with Crippen molar-refractivity contribution in [3.8, 4) is 5.75 Å². The molecule has 0 heterocycles. The van der Waals surface area contributed by atoms with Crippen molar-refractivity contribution in [2.24, 2.45) is 0 Å². The Bertz CT molecular complexity index is 1330. The van der Waals surface area contributed by atoms with Crippen LogP contribution in [0.4, 0.5) is 11.4 Å². The van der Waals surface area contributed by atoms with Crippen molar-refractivity contribution in [1.29, 1.82) is 0 Å². The van der Waals surface area contributed by atoms with E-state index >= 15 is 0 Å². The number of carbonyl (C=O) groups excluding carboxylic acids is 1. The van der Waals surface area contributed by atoms with Crippen LogP contribution in [-0.2, 0) is 9.84 Å². The van der Waals surface area contributed by atoms with Crippen LogP contribution >= 0.6 is 11.6 Å². The van der Waals surface area contributed by atoms with Gasteiger partial charge in [0.15, 0.2) is 0 Å². The number of phenolic OH excluding ortho intramolecular Hbond substituents is 1. The van der Waals surface area contributed by atoms with E-state index < -0.39 is 20.7 Å². The summed E-state index contributed by atoms with van der Waals surface area (Å²) in [5.41, 5.74) is 0.689. The van der Waals surface area contributed by atoms with E-state index in [1.807, 2.05) is 0 Å². The molecule has 0 spiro atoms. The maximum absolute atomic E-state index is 13.4. The standard InChI is InChI=1S/C23H21ClN2O6S/c1-13(2)19-12-20(25-23(28)15-4-8-17(9-5-15)26(29)30)14(3)22(21(19)27)33(31,32)18-10-6-16(24)7-11-18/h4-13,27H,1-3H3,(H,25,28). The lowest BCUT2D eigenvalue weighted by atomic mass is 9.99. The summed E-state index contributed by atoms with van der Waals surface area (Å²) in [7, 11) is -4.15. The van der Waals surface area contributed by atoms with E-state index in [0.717, 1.165) is 0 Å². The third-order valence-electron chi connectivity index (χ3n) is 5.14. The SMILES string of the molecule is Cc1c(NC(=O)c2ccc([N+](=O)[O-])cc2)cc(C(C)C)c(O)c1S(=O)(=O)c1ccc(Cl)cc1. The predicted octanol–water partition coefficient (Wildman–Crippen LogP) is 5.47. The maximum Gasteiger partial charge on any atom is 0.269 e. The summed E-state index contributed by atoms with van der Waals surface area (Å²) in [6.07, 6.45) is 0. The van der Waals surface area contributed by atoms with Crippen molar-refractivity contribution in [2.75, 3.05) is 5.32 Å². The van der Waals surface area contributed by atoms with Crippen molar-refractivity contribution >= 4 is 38.7 Å². The number of nitrogens with zero attached hydrogens (tertiary/aromatic N) is 1. The van der Waals surface area contributed by atoms with Gasteiger partial charge in [0.1, 0.15) is 10.6 Å². The van der Waals surface area contributed by atoms with Crippen LogP contribution in [0.5, 0.6) is 5.75 Å². The number of aromatic hydroxyl groups is 1. The average molecular weight is 489 g/mol. The van der Waals surface area contributed by atoms with Crippen molar-refractivity contribution in [2.45, 2.75) is 36.5 Å². The number of hydrogen-bond donors (Lipinski definition) is 2. The Labute approximate surface area is 195 Å². The minimum atomic E-state index is -4.15. The first-order valence-electron chi connectivity index (χ1n) is 9.86. The summed E-state index contributed by atoms with van der Waals surface area (Å²) >= 11 is 5.88. The lowest BCUT2D eigenvalue weighted by Gasteiger charge is -2.20. The smallest absolute Gasteiger partial charge is 0.269 e. The fourth-order valence-corrected chi connectivity index (χ4v) is 5.06. The molecule has 0 saturated heterocycles. The Balaban J connectivity index is 2.11. The summed E-state index contributed by atoms with van der Waals surface area (Å²) in [5, 5.41) is 24.7. The van der Waals surface area contributed by atoms with Gasteiger partial charge in [-0.1, -0.05) is 25.4 Å². The van der Waals surface area contributed by atoms with E-state index in [2.05, 4.69) is 5.32 Å². The van der Waals surface area contributed by atoms with Crippen LogP contribution in [0.2, 0.25) is 5.02 Å². The zero-order valence-electron chi connectivity index (χ0n) is 18.0. The second-order valence-electron chi connectivity index (χ2n) is 7.69. The van der Waals surface area contributed by atoms with Crippen molar-refractivity contribution in [3.05, 3.63) is 86.4 Å². The molecule has 0 bridgehead atoms. The van der Waals surface area contributed by atoms with E-state index in [4.69, 9.17) is 11.6 Å². The highest BCUT2D eigenvalue weighted by Gasteiger charge is 2.29. The van der Waals surface area contributed by atoms with Gasteiger partial charge >= 0.3 is 0 Å². The number of amides is 1. The molecule has 3 aromatic carbocycles. The van der Waals surface area contributed by atoms with Gasteiger partial charge in [-0.05, 0) is 66.4 Å². The van der Waals surface area contributed by atoms with Gasteiger partial charge in [-0.2, -0.15) is 0 Å². The molecule has 3 aromatic rings. The number of nitro benzene ring substituents is 1. The Kier molecular flexibility index (Phi) is 6.76. The fraction of sp³-hybridized carbons (Fsp3) is 0.174. The second kappa shape index (κ2) is 9.21. The number of rotatable bonds is 6. The molecule has 1 amide bonds. The fourth-order valence-electron chi connectivity index (χ4n) is 3.32. The van der Waals surface area contributed by atoms with Gasteiger partial charge in [-0.3, -0.25) is 14.9 Å². The van der Waals surface area contributed by atoms with Crippen LogP contribution in [0.15, 0.2) is 64.4 Å². The van der Waals surface area contributed by atoms with Crippen LogP contribution in [0, 0.1) is 17.0 Å². The topological polar surface area (TPSA) is 127 Å². The van der Waals surface area contributed by atoms with E-state index in [1.54, 1.807) is 13.8 Å². The molecule has 0 aromatic heterocycles. The average Bonchev–Trinajstić information content (AvgIpc) is 2.75. The molecule has 10 heteroatoms. The Morgan fingerprint density at radius 1 is 1.09 bits per heavy atom. The molecule has 172 valence electrons. The van der Waals surface area contributed by atoms with Gasteiger partial charge in [0.05, 0.1) is 9.82 Å². The summed E-state index contributed by atoms with van der Waals surface area (Å²) in [6.45, 7) is 5.05. The van der Waals surface area contributed by atoms with E-state index in [9.17, 15) is 28.4 Å². The van der Waals surface area contributed by atoms with Gasteiger partial charge < -0.3 is 10.4 Å². The summed E-state index contributed by atoms with van der Waals surface area (Å²) < 4.78 is 26.8. The van der Waals surface area contributed by atoms with Crippen LogP contribution in [0.1, 0.15) is 41.3 Å². The molecule has 3 rings (SSSR count). The molecule has 0 saturated carbocycles. The molecular weight excluding hydrogens is 468 g/mol. The van der Waals surface area contributed by atoms with Crippen molar-refractivity contribution in [3.63, 3.8) is 0 Å². The maximum atomic E-state index is 13.4. The number of nitro groups is 1. The third-order valence-corrected chi connectivity index (χ3v) is 7.32. The molecule has 0 fully saturated rings. The number of anilines is 1. The highest BCUT2D eigenvalue weighted by Crippen LogP contribution is 2.41. The highest BCUT2D eigenvalue weighted by atomic mass is 35.5. The van der Waals surface area contributed by atoms with Crippen LogP contribution in [-0.4, -0.2) is 24.4 Å². The number of carbonyl (C=O) groups is 1. The van der Waals surface area contributed by atoms with Crippen molar-refractivity contribution < 1.29 is 23.2 Å². The summed E-state index contributed by atoms with van der Waals surface area (Å²) in [5.74, 6) is -1.21. The summed E-state index contributed by atoms with van der Waals surface area (Å²) in [4.78, 5) is 22.7. The zero-order valence-corrected chi connectivity index (χ0v) is 19.6. The normalized spacial score (nSPS) is 11.4. The molecule has 8 nitrogen and oxygen atoms in total. The van der Waals surface area contributed by atoms with E-state index in [1.165, 1.54) is 61.5 Å². The van der Waals surface area contributed by atoms with Crippen LogP contribution in [0.3, 0.4) is 0 Å². The van der Waals surface area contributed by atoms with Gasteiger partial charge in [0.2, 0.25) is 9.84 Å². The largest absolute Gasteiger partial charge is 0.506 e. The number of sulfone groups is 1. The van der Waals surface area contributed by atoms with E-state index in [0.29, 0.717) is 10.6 Å². The minimum absolute atomic E-state index is 0.0566. The lowest BCUT2D eigenvalue weighted by molar-refractivity contribution is -0.384. The molecule has 0 aliphatic carbocycles. The van der Waals surface area contributed by atoms with Gasteiger partial charge in [0.25, 0.3) is 11.6 Å². The number of phenols is 1. The first kappa shape index (κ1) is 24.2. The minimum Gasteiger partial charge on any atom is -0.506 e. The van der Waals surface area contributed by atoms with Gasteiger partial charge in [-0.25, -0.2) is 8.42 Å². The highest BCUT2D eigenvalue weighted by molar-refractivity contribution is 7.91.